The number of anilines is 2. The van der Waals surface area contributed by atoms with E-state index in [-0.39, 0.29) is 36.2 Å². The van der Waals surface area contributed by atoms with Crippen LogP contribution in [0.3, 0.4) is 0 Å². The standard InChI is InChI=1S/C22H27F2N7O3/c1-25-18-10-17(27-15-4-3-7-30(21(15)33)12-8-13(9-12)34-2)29-19-14(11-26-31(18)19)20(32)28-16-5-6-22(16,23)24/h3-4,7,10-13,16,21,25,33H,5-6,8-9H2,1-2H3,(H,27,29)(H,28,32). The first kappa shape index (κ1) is 22.5. The molecule has 2 saturated carbocycles. The predicted octanol–water partition coefficient (Wildman–Crippen LogP) is 1.92. The first-order valence-corrected chi connectivity index (χ1v) is 11.2. The van der Waals surface area contributed by atoms with Crippen LogP contribution in [0.15, 0.2) is 36.3 Å². The minimum absolute atomic E-state index is 0.0858. The maximum atomic E-state index is 13.6. The van der Waals surface area contributed by atoms with Crippen molar-refractivity contribution in [3.63, 3.8) is 0 Å². The fourth-order valence-electron chi connectivity index (χ4n) is 4.41. The fraction of sp³-hybridized carbons (Fsp3) is 0.500. The highest BCUT2D eigenvalue weighted by atomic mass is 19.3. The number of rotatable bonds is 7. The third-order valence-electron chi connectivity index (χ3n) is 6.75. The molecule has 12 heteroatoms. The highest BCUT2D eigenvalue weighted by Crippen LogP contribution is 2.38. The van der Waals surface area contributed by atoms with Crippen LogP contribution in [0, 0.1) is 0 Å². The minimum Gasteiger partial charge on any atom is -0.381 e. The molecule has 2 aliphatic carbocycles. The van der Waals surface area contributed by atoms with Crippen molar-refractivity contribution in [3.05, 3.63) is 41.9 Å². The number of hydrogen-bond acceptors (Lipinski definition) is 8. The molecule has 34 heavy (non-hydrogen) atoms. The Labute approximate surface area is 194 Å². The molecule has 10 nitrogen and oxygen atoms in total. The van der Waals surface area contributed by atoms with Gasteiger partial charge in [0.15, 0.2) is 11.9 Å². The number of methoxy groups -OCH3 is 1. The van der Waals surface area contributed by atoms with Crippen molar-refractivity contribution in [2.75, 3.05) is 24.8 Å². The Kier molecular flexibility index (Phi) is 5.64. The number of aromatic nitrogens is 3. The Hall–Kier alpha value is -3.25. The lowest BCUT2D eigenvalue weighted by molar-refractivity contribution is -0.102. The zero-order valence-corrected chi connectivity index (χ0v) is 18.8. The highest BCUT2D eigenvalue weighted by Gasteiger charge is 2.49. The maximum Gasteiger partial charge on any atom is 0.267 e. The number of nitrogens with one attached hydrogen (secondary N) is 3. The molecule has 2 fully saturated rings. The normalized spacial score (nSPS) is 27.6. The smallest absolute Gasteiger partial charge is 0.267 e. The molecule has 2 atom stereocenters. The summed E-state index contributed by atoms with van der Waals surface area (Å²) in [5.74, 6) is -2.67. The van der Waals surface area contributed by atoms with E-state index in [1.165, 1.54) is 10.7 Å². The number of allylic oxidation sites excluding steroid dienone is 2. The third-order valence-corrected chi connectivity index (χ3v) is 6.75. The molecule has 3 heterocycles. The van der Waals surface area contributed by atoms with Gasteiger partial charge in [-0.3, -0.25) is 4.79 Å². The number of aliphatic hydroxyl groups excluding tert-OH is 1. The van der Waals surface area contributed by atoms with Gasteiger partial charge in [-0.15, -0.1) is 0 Å². The van der Waals surface area contributed by atoms with Crippen LogP contribution in [0.2, 0.25) is 0 Å². The summed E-state index contributed by atoms with van der Waals surface area (Å²) in [7, 11) is 3.37. The first-order valence-electron chi connectivity index (χ1n) is 11.2. The molecule has 2 aromatic heterocycles. The summed E-state index contributed by atoms with van der Waals surface area (Å²) >= 11 is 0. The molecule has 1 amide bonds. The van der Waals surface area contributed by atoms with Crippen molar-refractivity contribution < 1.29 is 23.4 Å². The summed E-state index contributed by atoms with van der Waals surface area (Å²) in [5, 5.41) is 23.6. The second kappa shape index (κ2) is 8.51. The molecule has 2 aromatic rings. The molecule has 5 rings (SSSR count). The van der Waals surface area contributed by atoms with Crippen LogP contribution >= 0.6 is 0 Å². The quantitative estimate of drug-likeness (QED) is 0.480. The van der Waals surface area contributed by atoms with Crippen molar-refractivity contribution in [2.45, 2.75) is 56.0 Å². The minimum atomic E-state index is -2.90. The average molecular weight is 476 g/mol. The lowest BCUT2D eigenvalue weighted by Gasteiger charge is -2.45. The van der Waals surface area contributed by atoms with Crippen LogP contribution in [0.4, 0.5) is 20.4 Å². The van der Waals surface area contributed by atoms with Crippen molar-refractivity contribution in [1.82, 2.24) is 24.8 Å². The molecule has 0 bridgehead atoms. The summed E-state index contributed by atoms with van der Waals surface area (Å²) < 4.78 is 34.0. The van der Waals surface area contributed by atoms with E-state index in [4.69, 9.17) is 4.74 Å². The van der Waals surface area contributed by atoms with E-state index in [9.17, 15) is 18.7 Å². The van der Waals surface area contributed by atoms with Gasteiger partial charge < -0.3 is 30.7 Å². The molecular formula is C22H27F2N7O3. The van der Waals surface area contributed by atoms with Gasteiger partial charge in [0.2, 0.25) is 0 Å². The largest absolute Gasteiger partial charge is 0.381 e. The first-order chi connectivity index (χ1) is 16.3. The second-order valence-electron chi connectivity index (χ2n) is 8.79. The van der Waals surface area contributed by atoms with E-state index in [0.29, 0.717) is 17.3 Å². The summed E-state index contributed by atoms with van der Waals surface area (Å²) in [4.78, 5) is 19.1. The van der Waals surface area contributed by atoms with Crippen molar-refractivity contribution in [3.8, 4) is 0 Å². The highest BCUT2D eigenvalue weighted by molar-refractivity contribution is 6.00. The number of amides is 1. The van der Waals surface area contributed by atoms with Gasteiger partial charge >= 0.3 is 0 Å². The Morgan fingerprint density at radius 2 is 2.15 bits per heavy atom. The van der Waals surface area contributed by atoms with Crippen LogP contribution in [0.25, 0.3) is 5.65 Å². The van der Waals surface area contributed by atoms with Gasteiger partial charge in [-0.05, 0) is 31.4 Å². The lowest BCUT2D eigenvalue weighted by Crippen LogP contribution is -2.55. The van der Waals surface area contributed by atoms with Crippen molar-refractivity contribution in [1.29, 1.82) is 0 Å². The van der Waals surface area contributed by atoms with E-state index in [1.807, 2.05) is 17.2 Å². The SMILES string of the molecule is CNc1cc(NC2=CC=CN(C3CC(OC)C3)C2O)nc2c(C(=O)NC3CCC3(F)F)cnn12. The molecule has 0 radical (unpaired) electrons. The number of hydrogen-bond donors (Lipinski definition) is 4. The Morgan fingerprint density at radius 1 is 1.35 bits per heavy atom. The molecule has 0 spiro atoms. The van der Waals surface area contributed by atoms with Gasteiger partial charge in [0.25, 0.3) is 11.8 Å². The molecule has 3 aliphatic rings. The zero-order chi connectivity index (χ0) is 24.0. The van der Waals surface area contributed by atoms with Crippen molar-refractivity contribution >= 4 is 23.2 Å². The van der Waals surface area contributed by atoms with Gasteiger partial charge in [-0.2, -0.15) is 9.61 Å². The second-order valence-corrected chi connectivity index (χ2v) is 8.79. The predicted molar refractivity (Wildman–Crippen MR) is 120 cm³/mol. The number of aliphatic hydroxyl groups is 1. The van der Waals surface area contributed by atoms with Crippen LogP contribution in [-0.4, -0.2) is 75.0 Å². The average Bonchev–Trinajstić information content (AvgIpc) is 3.22. The summed E-state index contributed by atoms with van der Waals surface area (Å²) in [6.07, 6.45) is 7.67. The molecule has 0 saturated heterocycles. The number of nitrogens with zero attached hydrogens (tertiary/aromatic N) is 4. The number of halogens is 2. The lowest BCUT2D eigenvalue weighted by atomic mass is 9.87. The number of alkyl halides is 2. The fourth-order valence-corrected chi connectivity index (χ4v) is 4.41. The van der Waals surface area contributed by atoms with Crippen LogP contribution in [0.5, 0.6) is 0 Å². The van der Waals surface area contributed by atoms with Crippen LogP contribution in [-0.2, 0) is 4.74 Å². The molecule has 0 aromatic carbocycles. The van der Waals surface area contributed by atoms with Crippen molar-refractivity contribution in [2.24, 2.45) is 0 Å². The third kappa shape index (κ3) is 3.86. The summed E-state index contributed by atoms with van der Waals surface area (Å²) in [5.41, 5.74) is 0.805. The number of carbonyl (C=O) groups is 1. The Bertz CT molecular complexity index is 1160. The monoisotopic (exact) mass is 475 g/mol. The summed E-state index contributed by atoms with van der Waals surface area (Å²) in [6.45, 7) is 0. The number of fused-ring (bicyclic) bond motifs is 1. The molecule has 2 unspecified atom stereocenters. The van der Waals surface area contributed by atoms with Gasteiger partial charge in [0.1, 0.15) is 17.2 Å². The maximum absolute atomic E-state index is 13.6. The zero-order valence-electron chi connectivity index (χ0n) is 18.8. The number of carbonyl (C=O) groups excluding carboxylic acids is 1. The molecule has 1 aliphatic heterocycles. The Balaban J connectivity index is 1.37. The Morgan fingerprint density at radius 3 is 2.79 bits per heavy atom. The molecule has 4 N–H and O–H groups in total. The topological polar surface area (TPSA) is 116 Å². The summed E-state index contributed by atoms with van der Waals surface area (Å²) in [6, 6.07) is 0.659. The van der Waals surface area contributed by atoms with Gasteiger partial charge in [0.05, 0.1) is 24.0 Å². The van der Waals surface area contributed by atoms with Gasteiger partial charge in [0, 0.05) is 38.9 Å². The van der Waals surface area contributed by atoms with E-state index in [0.717, 1.165) is 12.8 Å². The van der Waals surface area contributed by atoms with E-state index >= 15 is 0 Å². The molecule has 182 valence electrons. The van der Waals surface area contributed by atoms with E-state index in [2.05, 4.69) is 26.0 Å². The molecular weight excluding hydrogens is 448 g/mol. The van der Waals surface area contributed by atoms with Gasteiger partial charge in [-0.25, -0.2) is 13.8 Å². The van der Waals surface area contributed by atoms with E-state index < -0.39 is 24.1 Å². The number of ether oxygens (including phenoxy) is 1. The van der Waals surface area contributed by atoms with Crippen LogP contribution < -0.4 is 16.0 Å². The van der Waals surface area contributed by atoms with E-state index in [1.54, 1.807) is 26.3 Å². The van der Waals surface area contributed by atoms with Gasteiger partial charge in [-0.1, -0.05) is 0 Å². The van der Waals surface area contributed by atoms with Crippen LogP contribution in [0.1, 0.15) is 36.0 Å².